The fourth-order valence-corrected chi connectivity index (χ4v) is 2.05. The lowest BCUT2D eigenvalue weighted by Gasteiger charge is -2.11. The topological polar surface area (TPSA) is 37.2 Å². The van der Waals surface area contributed by atoms with Crippen LogP contribution < -0.4 is 5.32 Å². The molecule has 0 spiro atoms. The zero-order chi connectivity index (χ0) is 13.7. The van der Waals surface area contributed by atoms with Gasteiger partial charge >= 0.3 is 0 Å². The number of phenols is 1. The molecule has 102 valence electrons. The van der Waals surface area contributed by atoms with E-state index in [2.05, 4.69) is 42.1 Å². The van der Waals surface area contributed by atoms with Crippen LogP contribution in [0, 0.1) is 5.92 Å². The highest BCUT2D eigenvalue weighted by Gasteiger charge is 2.02. The SMILES string of the molecule is CC(C)CNCc1cccn1Cc1ccc(O)cc1. The van der Waals surface area contributed by atoms with Crippen LogP contribution in [-0.2, 0) is 13.1 Å². The van der Waals surface area contributed by atoms with E-state index in [4.69, 9.17) is 0 Å². The quantitative estimate of drug-likeness (QED) is 0.836. The number of aromatic nitrogens is 1. The summed E-state index contributed by atoms with van der Waals surface area (Å²) in [5.41, 5.74) is 2.48. The number of hydrogen-bond donors (Lipinski definition) is 2. The lowest BCUT2D eigenvalue weighted by molar-refractivity contribution is 0.475. The summed E-state index contributed by atoms with van der Waals surface area (Å²) in [4.78, 5) is 0. The Balaban J connectivity index is 1.97. The molecule has 1 aromatic carbocycles. The van der Waals surface area contributed by atoms with Crippen LogP contribution in [-0.4, -0.2) is 16.2 Å². The summed E-state index contributed by atoms with van der Waals surface area (Å²) in [6.45, 7) is 7.19. The molecule has 0 bridgehead atoms. The highest BCUT2D eigenvalue weighted by atomic mass is 16.3. The zero-order valence-corrected chi connectivity index (χ0v) is 11.6. The van der Waals surface area contributed by atoms with Crippen molar-refractivity contribution in [1.29, 1.82) is 0 Å². The van der Waals surface area contributed by atoms with Crippen molar-refractivity contribution >= 4 is 0 Å². The van der Waals surface area contributed by atoms with Crippen LogP contribution in [0.25, 0.3) is 0 Å². The highest BCUT2D eigenvalue weighted by molar-refractivity contribution is 5.26. The molecule has 2 aromatic rings. The van der Waals surface area contributed by atoms with Crippen molar-refractivity contribution in [2.75, 3.05) is 6.54 Å². The first-order chi connectivity index (χ1) is 9.15. The van der Waals surface area contributed by atoms with Crippen LogP contribution in [0.3, 0.4) is 0 Å². The van der Waals surface area contributed by atoms with Crippen molar-refractivity contribution < 1.29 is 5.11 Å². The number of nitrogens with zero attached hydrogens (tertiary/aromatic N) is 1. The first-order valence-corrected chi connectivity index (χ1v) is 6.78. The number of benzene rings is 1. The van der Waals surface area contributed by atoms with Gasteiger partial charge in [0.2, 0.25) is 0 Å². The number of hydrogen-bond acceptors (Lipinski definition) is 2. The Hall–Kier alpha value is -1.74. The highest BCUT2D eigenvalue weighted by Crippen LogP contribution is 2.12. The van der Waals surface area contributed by atoms with Crippen LogP contribution >= 0.6 is 0 Å². The summed E-state index contributed by atoms with van der Waals surface area (Å²) in [7, 11) is 0. The summed E-state index contributed by atoms with van der Waals surface area (Å²) < 4.78 is 2.24. The van der Waals surface area contributed by atoms with Gasteiger partial charge in [-0.05, 0) is 42.3 Å². The molecule has 3 heteroatoms. The van der Waals surface area contributed by atoms with Crippen molar-refractivity contribution in [3.05, 3.63) is 53.9 Å². The van der Waals surface area contributed by atoms with E-state index in [1.807, 2.05) is 12.1 Å². The first kappa shape index (κ1) is 13.7. The molecule has 0 amide bonds. The van der Waals surface area contributed by atoms with Gasteiger partial charge < -0.3 is 15.0 Å². The van der Waals surface area contributed by atoms with E-state index in [-0.39, 0.29) is 0 Å². The minimum Gasteiger partial charge on any atom is -0.508 e. The van der Waals surface area contributed by atoms with Crippen molar-refractivity contribution in [1.82, 2.24) is 9.88 Å². The average Bonchev–Trinajstić information content (AvgIpc) is 2.79. The molecule has 2 N–H and O–H groups in total. The molecule has 0 saturated heterocycles. The normalized spacial score (nSPS) is 11.1. The van der Waals surface area contributed by atoms with Crippen LogP contribution in [0.1, 0.15) is 25.1 Å². The minimum atomic E-state index is 0.315. The van der Waals surface area contributed by atoms with Gasteiger partial charge in [-0.1, -0.05) is 26.0 Å². The molecule has 3 nitrogen and oxygen atoms in total. The predicted octanol–water partition coefficient (Wildman–Crippen LogP) is 2.99. The van der Waals surface area contributed by atoms with Crippen molar-refractivity contribution in [2.24, 2.45) is 5.92 Å². The van der Waals surface area contributed by atoms with Gasteiger partial charge in [0, 0.05) is 25.0 Å². The lowest BCUT2D eigenvalue weighted by Crippen LogP contribution is -2.20. The largest absolute Gasteiger partial charge is 0.508 e. The monoisotopic (exact) mass is 258 g/mol. The second-order valence-corrected chi connectivity index (χ2v) is 5.32. The Morgan fingerprint density at radius 2 is 1.89 bits per heavy atom. The summed E-state index contributed by atoms with van der Waals surface area (Å²) in [5.74, 6) is 0.982. The molecular formula is C16H22N2O. The van der Waals surface area contributed by atoms with Crippen molar-refractivity contribution in [3.8, 4) is 5.75 Å². The molecule has 0 aliphatic carbocycles. The molecule has 0 atom stereocenters. The van der Waals surface area contributed by atoms with Gasteiger partial charge in [0.25, 0.3) is 0 Å². The van der Waals surface area contributed by atoms with Crippen molar-refractivity contribution in [3.63, 3.8) is 0 Å². The van der Waals surface area contributed by atoms with E-state index in [9.17, 15) is 5.11 Å². The Kier molecular flexibility index (Phi) is 4.63. The molecule has 19 heavy (non-hydrogen) atoms. The fourth-order valence-electron chi connectivity index (χ4n) is 2.05. The number of rotatable bonds is 6. The van der Waals surface area contributed by atoms with E-state index >= 15 is 0 Å². The fraction of sp³-hybridized carbons (Fsp3) is 0.375. The van der Waals surface area contributed by atoms with Crippen LogP contribution in [0.4, 0.5) is 0 Å². The molecule has 1 heterocycles. The molecule has 0 radical (unpaired) electrons. The van der Waals surface area contributed by atoms with E-state index in [1.165, 1.54) is 11.3 Å². The molecule has 0 fully saturated rings. The maximum absolute atomic E-state index is 9.29. The third kappa shape index (κ3) is 4.14. The van der Waals surface area contributed by atoms with Gasteiger partial charge in [-0.15, -0.1) is 0 Å². The number of nitrogens with one attached hydrogen (secondary N) is 1. The minimum absolute atomic E-state index is 0.315. The third-order valence-corrected chi connectivity index (χ3v) is 3.07. The summed E-state index contributed by atoms with van der Waals surface area (Å²) >= 11 is 0. The van der Waals surface area contributed by atoms with Gasteiger partial charge in [-0.3, -0.25) is 0 Å². The summed E-state index contributed by atoms with van der Waals surface area (Å²) in [6, 6.07) is 11.6. The lowest BCUT2D eigenvalue weighted by atomic mass is 10.2. The maximum atomic E-state index is 9.29. The van der Waals surface area contributed by atoms with Gasteiger partial charge in [-0.25, -0.2) is 0 Å². The zero-order valence-electron chi connectivity index (χ0n) is 11.6. The van der Waals surface area contributed by atoms with E-state index in [0.29, 0.717) is 11.7 Å². The van der Waals surface area contributed by atoms with Gasteiger partial charge in [0.1, 0.15) is 5.75 Å². The second-order valence-electron chi connectivity index (χ2n) is 5.32. The number of aromatic hydroxyl groups is 1. The summed E-state index contributed by atoms with van der Waals surface area (Å²) in [5, 5.41) is 12.8. The second kappa shape index (κ2) is 6.43. The Bertz CT molecular complexity index is 500. The first-order valence-electron chi connectivity index (χ1n) is 6.78. The summed E-state index contributed by atoms with van der Waals surface area (Å²) in [6.07, 6.45) is 2.10. The smallest absolute Gasteiger partial charge is 0.115 e. The van der Waals surface area contributed by atoms with Gasteiger partial charge in [0.15, 0.2) is 0 Å². The molecular weight excluding hydrogens is 236 g/mol. The standard InChI is InChI=1S/C16H22N2O/c1-13(2)10-17-11-15-4-3-9-18(15)12-14-5-7-16(19)8-6-14/h3-9,13,17,19H,10-12H2,1-2H3. The van der Waals surface area contributed by atoms with E-state index in [1.54, 1.807) is 12.1 Å². The Morgan fingerprint density at radius 3 is 2.58 bits per heavy atom. The Morgan fingerprint density at radius 1 is 1.16 bits per heavy atom. The molecule has 0 unspecified atom stereocenters. The average molecular weight is 258 g/mol. The molecule has 0 saturated carbocycles. The number of phenolic OH excluding ortho intramolecular Hbond substituents is 1. The van der Waals surface area contributed by atoms with E-state index in [0.717, 1.165) is 19.6 Å². The van der Waals surface area contributed by atoms with Crippen molar-refractivity contribution in [2.45, 2.75) is 26.9 Å². The molecule has 0 aliphatic heterocycles. The van der Waals surface area contributed by atoms with Crippen LogP contribution in [0.15, 0.2) is 42.6 Å². The van der Waals surface area contributed by atoms with Gasteiger partial charge in [-0.2, -0.15) is 0 Å². The molecule has 2 rings (SSSR count). The maximum Gasteiger partial charge on any atom is 0.115 e. The van der Waals surface area contributed by atoms with Crippen LogP contribution in [0.5, 0.6) is 5.75 Å². The molecule has 1 aromatic heterocycles. The Labute approximate surface area is 114 Å². The van der Waals surface area contributed by atoms with E-state index < -0.39 is 0 Å². The van der Waals surface area contributed by atoms with Gasteiger partial charge in [0.05, 0.1) is 0 Å². The molecule has 0 aliphatic rings. The van der Waals surface area contributed by atoms with Crippen LogP contribution in [0.2, 0.25) is 0 Å². The predicted molar refractivity (Wildman–Crippen MR) is 78.2 cm³/mol. The third-order valence-electron chi connectivity index (χ3n) is 3.07.